The first kappa shape index (κ1) is 13.2. The third-order valence-electron chi connectivity index (χ3n) is 2.19. The van der Waals surface area contributed by atoms with Crippen LogP contribution in [0.25, 0.3) is 0 Å². The Morgan fingerprint density at radius 2 is 2.07 bits per heavy atom. The molecule has 4 heteroatoms. The Hall–Kier alpha value is -0.770. The average Bonchev–Trinajstić information content (AvgIpc) is 2.14. The van der Waals surface area contributed by atoms with Gasteiger partial charge < -0.3 is 16.0 Å². The molecule has 1 unspecified atom stereocenters. The fourth-order valence-corrected chi connectivity index (χ4v) is 1.21. The second-order valence-corrected chi connectivity index (χ2v) is 4.03. The van der Waals surface area contributed by atoms with Gasteiger partial charge in [0.2, 0.25) is 0 Å². The van der Waals surface area contributed by atoms with Crippen LogP contribution in [0.1, 0.15) is 27.2 Å². The van der Waals surface area contributed by atoms with Gasteiger partial charge in [-0.1, -0.05) is 13.8 Å². The first-order valence-corrected chi connectivity index (χ1v) is 5.22. The van der Waals surface area contributed by atoms with Gasteiger partial charge in [-0.3, -0.25) is 0 Å². The van der Waals surface area contributed by atoms with Crippen LogP contribution < -0.4 is 11.1 Å². The lowest BCUT2D eigenvalue weighted by Gasteiger charge is -2.22. The third kappa shape index (κ3) is 5.07. The Bertz CT molecular complexity index is 171. The summed E-state index contributed by atoms with van der Waals surface area (Å²) in [7, 11) is 1.78. The molecule has 0 bridgehead atoms. The number of nitrogens with zero attached hydrogens (tertiary/aromatic N) is 1. The molecule has 84 valence electrons. The highest BCUT2D eigenvalue weighted by Gasteiger charge is 2.13. The molecule has 3 N–H and O–H groups in total. The zero-order chi connectivity index (χ0) is 11.1. The Morgan fingerprint density at radius 3 is 2.43 bits per heavy atom. The summed E-state index contributed by atoms with van der Waals surface area (Å²) in [5.74, 6) is 0.552. The van der Waals surface area contributed by atoms with Crippen LogP contribution in [0.2, 0.25) is 0 Å². The number of nitrogens with one attached hydrogen (secondary N) is 1. The van der Waals surface area contributed by atoms with Crippen molar-refractivity contribution in [3.05, 3.63) is 0 Å². The van der Waals surface area contributed by atoms with Crippen molar-refractivity contribution in [2.24, 2.45) is 11.7 Å². The van der Waals surface area contributed by atoms with Gasteiger partial charge >= 0.3 is 6.03 Å². The molecule has 0 fully saturated rings. The summed E-state index contributed by atoms with van der Waals surface area (Å²) in [6.45, 7) is 7.41. The van der Waals surface area contributed by atoms with E-state index in [4.69, 9.17) is 5.73 Å². The molecule has 4 nitrogen and oxygen atoms in total. The second kappa shape index (κ2) is 6.65. The van der Waals surface area contributed by atoms with E-state index in [1.54, 1.807) is 11.9 Å². The number of urea groups is 1. The van der Waals surface area contributed by atoms with E-state index in [2.05, 4.69) is 19.2 Å². The van der Waals surface area contributed by atoms with E-state index in [9.17, 15) is 4.79 Å². The van der Waals surface area contributed by atoms with Crippen LogP contribution in [0.4, 0.5) is 4.79 Å². The first-order valence-electron chi connectivity index (χ1n) is 5.22. The van der Waals surface area contributed by atoms with Gasteiger partial charge in [-0.15, -0.1) is 0 Å². The van der Waals surface area contributed by atoms with Crippen LogP contribution in [-0.4, -0.2) is 37.1 Å². The molecule has 0 saturated heterocycles. The van der Waals surface area contributed by atoms with Gasteiger partial charge in [-0.2, -0.15) is 0 Å². The van der Waals surface area contributed by atoms with Crippen molar-refractivity contribution in [3.63, 3.8) is 0 Å². The summed E-state index contributed by atoms with van der Waals surface area (Å²) in [5, 5.41) is 2.91. The van der Waals surface area contributed by atoms with Crippen molar-refractivity contribution >= 4 is 6.03 Å². The Kier molecular flexibility index (Phi) is 6.28. The van der Waals surface area contributed by atoms with Crippen LogP contribution in [0.15, 0.2) is 0 Å². The van der Waals surface area contributed by atoms with E-state index in [0.717, 1.165) is 6.42 Å². The molecule has 0 aliphatic rings. The van der Waals surface area contributed by atoms with Crippen LogP contribution in [0, 0.1) is 5.92 Å². The van der Waals surface area contributed by atoms with E-state index < -0.39 is 0 Å². The summed E-state index contributed by atoms with van der Waals surface area (Å²) < 4.78 is 0. The van der Waals surface area contributed by atoms with Crippen molar-refractivity contribution in [2.45, 2.75) is 33.2 Å². The molecule has 0 aromatic rings. The number of nitrogens with two attached hydrogens (primary N) is 1. The number of hydrogen-bond donors (Lipinski definition) is 2. The standard InChI is InChI=1S/C10H23N3O/c1-5-13(4)10(14)12-9(7-11)6-8(2)3/h8-9H,5-7,11H2,1-4H3,(H,12,14). The molecule has 2 amide bonds. The summed E-state index contributed by atoms with van der Waals surface area (Å²) >= 11 is 0. The average molecular weight is 201 g/mol. The normalized spacial score (nSPS) is 12.7. The monoisotopic (exact) mass is 201 g/mol. The predicted octanol–water partition coefficient (Wildman–Crippen LogP) is 1.02. The molecule has 1 atom stereocenters. The molecule has 0 spiro atoms. The fourth-order valence-electron chi connectivity index (χ4n) is 1.21. The molecule has 0 aliphatic heterocycles. The molecule has 0 aliphatic carbocycles. The lowest BCUT2D eigenvalue weighted by Crippen LogP contribution is -2.46. The molecule has 0 saturated carbocycles. The highest BCUT2D eigenvalue weighted by Crippen LogP contribution is 2.03. The summed E-state index contributed by atoms with van der Waals surface area (Å²) in [6, 6.07) is 0.0556. The SMILES string of the molecule is CCN(C)C(=O)NC(CN)CC(C)C. The van der Waals surface area contributed by atoms with Crippen molar-refractivity contribution in [2.75, 3.05) is 20.1 Å². The zero-order valence-corrected chi connectivity index (χ0v) is 9.71. The van der Waals surface area contributed by atoms with E-state index in [0.29, 0.717) is 19.0 Å². The molecule has 0 aromatic heterocycles. The van der Waals surface area contributed by atoms with E-state index in [1.165, 1.54) is 0 Å². The van der Waals surface area contributed by atoms with Crippen LogP contribution in [0.3, 0.4) is 0 Å². The van der Waals surface area contributed by atoms with Crippen molar-refractivity contribution in [1.29, 1.82) is 0 Å². The highest BCUT2D eigenvalue weighted by molar-refractivity contribution is 5.74. The van der Waals surface area contributed by atoms with Crippen molar-refractivity contribution in [3.8, 4) is 0 Å². The maximum atomic E-state index is 11.5. The molecular formula is C10H23N3O. The molecule has 0 radical (unpaired) electrons. The molecule has 0 aromatic carbocycles. The number of hydrogen-bond acceptors (Lipinski definition) is 2. The van der Waals surface area contributed by atoms with Crippen LogP contribution in [0.5, 0.6) is 0 Å². The largest absolute Gasteiger partial charge is 0.334 e. The number of carbonyl (C=O) groups excluding carboxylic acids is 1. The Morgan fingerprint density at radius 1 is 1.50 bits per heavy atom. The quantitative estimate of drug-likeness (QED) is 0.697. The summed E-state index contributed by atoms with van der Waals surface area (Å²) in [6.07, 6.45) is 0.930. The lowest BCUT2D eigenvalue weighted by atomic mass is 10.0. The minimum absolute atomic E-state index is 0.0383. The lowest BCUT2D eigenvalue weighted by molar-refractivity contribution is 0.205. The van der Waals surface area contributed by atoms with E-state index in [-0.39, 0.29) is 12.1 Å². The molecule has 14 heavy (non-hydrogen) atoms. The second-order valence-electron chi connectivity index (χ2n) is 4.03. The number of rotatable bonds is 5. The van der Waals surface area contributed by atoms with E-state index >= 15 is 0 Å². The fraction of sp³-hybridized carbons (Fsp3) is 0.900. The molecule has 0 rings (SSSR count). The highest BCUT2D eigenvalue weighted by atomic mass is 16.2. The topological polar surface area (TPSA) is 58.4 Å². The van der Waals surface area contributed by atoms with Gasteiger partial charge in [0.05, 0.1) is 0 Å². The number of amides is 2. The minimum Gasteiger partial charge on any atom is -0.334 e. The van der Waals surface area contributed by atoms with E-state index in [1.807, 2.05) is 6.92 Å². The van der Waals surface area contributed by atoms with Crippen LogP contribution in [-0.2, 0) is 0 Å². The minimum atomic E-state index is -0.0383. The predicted molar refractivity (Wildman–Crippen MR) is 59.1 cm³/mol. The van der Waals surface area contributed by atoms with Gasteiger partial charge in [-0.05, 0) is 19.3 Å². The van der Waals surface area contributed by atoms with Crippen molar-refractivity contribution < 1.29 is 4.79 Å². The Balaban J connectivity index is 3.98. The van der Waals surface area contributed by atoms with Gasteiger partial charge in [0, 0.05) is 26.2 Å². The van der Waals surface area contributed by atoms with Gasteiger partial charge in [0.1, 0.15) is 0 Å². The van der Waals surface area contributed by atoms with Gasteiger partial charge in [-0.25, -0.2) is 4.79 Å². The maximum Gasteiger partial charge on any atom is 0.317 e. The molecule has 0 heterocycles. The number of carbonyl (C=O) groups is 1. The summed E-state index contributed by atoms with van der Waals surface area (Å²) in [5.41, 5.74) is 5.58. The zero-order valence-electron chi connectivity index (χ0n) is 9.71. The Labute approximate surface area is 86.8 Å². The van der Waals surface area contributed by atoms with Crippen molar-refractivity contribution in [1.82, 2.24) is 10.2 Å². The van der Waals surface area contributed by atoms with Crippen LogP contribution >= 0.6 is 0 Å². The summed E-state index contributed by atoms with van der Waals surface area (Å²) in [4.78, 5) is 13.1. The third-order valence-corrected chi connectivity index (χ3v) is 2.19. The maximum absolute atomic E-state index is 11.5. The smallest absolute Gasteiger partial charge is 0.317 e. The van der Waals surface area contributed by atoms with Gasteiger partial charge in [0.25, 0.3) is 0 Å². The van der Waals surface area contributed by atoms with Gasteiger partial charge in [0.15, 0.2) is 0 Å². The first-order chi connectivity index (χ1) is 6.51. The molecular weight excluding hydrogens is 178 g/mol.